The Morgan fingerprint density at radius 2 is 1.77 bits per heavy atom. The molecule has 3 atom stereocenters. The molecule has 3 aromatic carbocycles. The van der Waals surface area contributed by atoms with Crippen LogP contribution in [0.2, 0.25) is 0 Å². The van der Waals surface area contributed by atoms with Crippen LogP contribution < -0.4 is 4.74 Å². The summed E-state index contributed by atoms with van der Waals surface area (Å²) in [5.41, 5.74) is 2.41. The predicted molar refractivity (Wildman–Crippen MR) is 147 cm³/mol. The summed E-state index contributed by atoms with van der Waals surface area (Å²) in [6.45, 7) is 9.65. The quantitative estimate of drug-likeness (QED) is 0.274. The Labute approximate surface area is 226 Å². The lowest BCUT2D eigenvalue weighted by molar-refractivity contribution is -0.107. The highest BCUT2D eigenvalue weighted by molar-refractivity contribution is 6.00. The zero-order valence-electron chi connectivity index (χ0n) is 21.8. The maximum absolute atomic E-state index is 11.7. The molecule has 1 saturated heterocycles. The van der Waals surface area contributed by atoms with Crippen molar-refractivity contribution in [1.82, 2.24) is 4.57 Å². The molecule has 3 unspecified atom stereocenters. The van der Waals surface area contributed by atoms with Crippen LogP contribution in [0.4, 0.5) is 5.69 Å². The molecule has 0 spiro atoms. The van der Waals surface area contributed by atoms with E-state index < -0.39 is 17.3 Å². The van der Waals surface area contributed by atoms with Gasteiger partial charge in [-0.25, -0.2) is 4.85 Å². The van der Waals surface area contributed by atoms with Crippen LogP contribution in [-0.4, -0.2) is 32.6 Å². The Morgan fingerprint density at radius 3 is 2.59 bits per heavy atom. The molecule has 7 rings (SSSR count). The van der Waals surface area contributed by atoms with Crippen LogP contribution in [0.5, 0.6) is 17.5 Å². The first-order valence-electron chi connectivity index (χ1n) is 13.6. The average Bonchev–Trinajstić information content (AvgIpc) is 3.49. The summed E-state index contributed by atoms with van der Waals surface area (Å²) in [5, 5.41) is 35.8. The zero-order chi connectivity index (χ0) is 26.9. The molecular formula is C32H30N2O5. The largest absolute Gasteiger partial charge is 0.494 e. The Balaban J connectivity index is 1.29. The molecule has 0 amide bonds. The van der Waals surface area contributed by atoms with Crippen molar-refractivity contribution in [3.05, 3.63) is 88.3 Å². The number of fused-ring (bicyclic) bond motifs is 7. The van der Waals surface area contributed by atoms with Crippen molar-refractivity contribution in [3.8, 4) is 23.2 Å². The van der Waals surface area contributed by atoms with E-state index in [1.165, 1.54) is 22.1 Å². The number of nitrogens with zero attached hydrogens (tertiary/aromatic N) is 2. The number of aryl methyl sites for hydroxylation is 1. The highest BCUT2D eigenvalue weighted by atomic mass is 16.6. The number of benzene rings is 3. The Bertz CT molecular complexity index is 1680. The fraction of sp³-hybridized carbons (Fsp3) is 0.344. The van der Waals surface area contributed by atoms with Crippen LogP contribution in [-0.2, 0) is 28.8 Å². The van der Waals surface area contributed by atoms with Gasteiger partial charge in [-0.3, -0.25) is 4.57 Å². The van der Waals surface area contributed by atoms with Gasteiger partial charge in [0.2, 0.25) is 11.8 Å². The molecule has 1 aliphatic carbocycles. The minimum atomic E-state index is -1.17. The SMILES string of the molecule is [C-]#[N+]c1ccc(-n2c(O)c3c(c2O)C2(C)OC3(CCOc3cccc4c3CCCC4)CC2O)c2ccccc12. The van der Waals surface area contributed by atoms with Gasteiger partial charge < -0.3 is 24.8 Å². The molecule has 1 fully saturated rings. The lowest BCUT2D eigenvalue weighted by atomic mass is 9.76. The van der Waals surface area contributed by atoms with E-state index in [0.717, 1.165) is 35.8 Å². The van der Waals surface area contributed by atoms with Crippen LogP contribution in [0.3, 0.4) is 0 Å². The fourth-order valence-corrected chi connectivity index (χ4v) is 7.12. The lowest BCUT2D eigenvalue weighted by Gasteiger charge is -2.27. The molecular weight excluding hydrogens is 492 g/mol. The number of rotatable bonds is 5. The van der Waals surface area contributed by atoms with Crippen molar-refractivity contribution in [3.63, 3.8) is 0 Å². The Kier molecular flexibility index (Phi) is 5.25. The summed E-state index contributed by atoms with van der Waals surface area (Å²) in [6, 6.07) is 17.1. The Morgan fingerprint density at radius 1 is 1.00 bits per heavy atom. The molecule has 0 saturated carbocycles. The smallest absolute Gasteiger partial charge is 0.205 e. The van der Waals surface area contributed by atoms with Crippen LogP contribution in [0.25, 0.3) is 21.3 Å². The van der Waals surface area contributed by atoms with E-state index in [9.17, 15) is 15.3 Å². The van der Waals surface area contributed by atoms with Crippen molar-refractivity contribution in [2.24, 2.45) is 0 Å². The number of aliphatic hydroxyl groups excluding tert-OH is 1. The summed E-state index contributed by atoms with van der Waals surface area (Å²) in [6.07, 6.45) is 4.28. The molecule has 4 aromatic rings. The number of hydrogen-bond acceptors (Lipinski definition) is 5. The first-order chi connectivity index (χ1) is 18.9. The zero-order valence-corrected chi connectivity index (χ0v) is 21.8. The van der Waals surface area contributed by atoms with E-state index in [0.29, 0.717) is 42.0 Å². The summed E-state index contributed by atoms with van der Waals surface area (Å²) in [5.74, 6) is 0.611. The number of hydrogen-bond donors (Lipinski definition) is 3. The predicted octanol–water partition coefficient (Wildman–Crippen LogP) is 6.15. The van der Waals surface area contributed by atoms with E-state index >= 15 is 0 Å². The molecule has 2 bridgehead atoms. The lowest BCUT2D eigenvalue weighted by Crippen LogP contribution is -2.33. The average molecular weight is 523 g/mol. The van der Waals surface area contributed by atoms with Gasteiger partial charge in [-0.2, -0.15) is 0 Å². The molecule has 198 valence electrons. The molecule has 3 aliphatic rings. The van der Waals surface area contributed by atoms with Crippen LogP contribution >= 0.6 is 0 Å². The van der Waals surface area contributed by atoms with Crippen molar-refractivity contribution in [2.45, 2.75) is 62.8 Å². The molecule has 1 aromatic heterocycles. The van der Waals surface area contributed by atoms with Crippen LogP contribution in [0, 0.1) is 6.57 Å². The van der Waals surface area contributed by atoms with Gasteiger partial charge in [0.15, 0.2) is 5.69 Å². The molecule has 0 radical (unpaired) electrons. The highest BCUT2D eigenvalue weighted by Crippen LogP contribution is 2.65. The second kappa shape index (κ2) is 8.51. The van der Waals surface area contributed by atoms with E-state index in [1.807, 2.05) is 36.4 Å². The highest BCUT2D eigenvalue weighted by Gasteiger charge is 2.66. The third kappa shape index (κ3) is 3.28. The third-order valence-corrected chi connectivity index (χ3v) is 8.99. The van der Waals surface area contributed by atoms with Gasteiger partial charge in [-0.1, -0.05) is 42.5 Å². The van der Waals surface area contributed by atoms with Gasteiger partial charge >= 0.3 is 0 Å². The standard InChI is InChI=1S/C32H30N2O5/c1-31-26(35)18-32(39-31,16-17-38-25-13-7-9-19-8-3-4-10-20(19)25)28-27(31)29(36)34(30(28)37)24-15-14-23(33-2)21-11-5-6-12-22(21)24/h5-7,9,11-15,26,35-37H,3-4,8,10,16-18H2,1H3. The van der Waals surface area contributed by atoms with E-state index in [-0.39, 0.29) is 11.8 Å². The molecule has 3 N–H and O–H groups in total. The van der Waals surface area contributed by atoms with Crippen LogP contribution in [0.15, 0.2) is 54.6 Å². The molecule has 2 aliphatic heterocycles. The van der Waals surface area contributed by atoms with E-state index in [4.69, 9.17) is 16.0 Å². The summed E-state index contributed by atoms with van der Waals surface area (Å²) in [4.78, 5) is 3.63. The van der Waals surface area contributed by atoms with Gasteiger partial charge in [-0.05, 0) is 66.6 Å². The second-order valence-corrected chi connectivity index (χ2v) is 11.1. The maximum atomic E-state index is 11.7. The van der Waals surface area contributed by atoms with Gasteiger partial charge in [0, 0.05) is 12.8 Å². The number of aromatic nitrogens is 1. The first-order valence-corrected chi connectivity index (χ1v) is 13.6. The fourth-order valence-electron chi connectivity index (χ4n) is 7.12. The number of aliphatic hydroxyl groups is 1. The first kappa shape index (κ1) is 24.1. The van der Waals surface area contributed by atoms with Gasteiger partial charge in [0.25, 0.3) is 0 Å². The van der Waals surface area contributed by atoms with Crippen molar-refractivity contribution >= 4 is 16.5 Å². The number of ether oxygens (including phenoxy) is 2. The summed E-state index contributed by atoms with van der Waals surface area (Å²) >= 11 is 0. The molecule has 3 heterocycles. The summed E-state index contributed by atoms with van der Waals surface area (Å²) < 4.78 is 14.2. The molecule has 7 nitrogen and oxygen atoms in total. The van der Waals surface area contributed by atoms with Gasteiger partial charge in [-0.15, -0.1) is 0 Å². The second-order valence-electron chi connectivity index (χ2n) is 11.1. The minimum absolute atomic E-state index is 0.115. The van der Waals surface area contributed by atoms with Gasteiger partial charge in [0.1, 0.15) is 17.0 Å². The topological polar surface area (TPSA) is 88.4 Å². The molecule has 7 heteroatoms. The van der Waals surface area contributed by atoms with Crippen molar-refractivity contribution in [2.75, 3.05) is 6.61 Å². The van der Waals surface area contributed by atoms with Crippen molar-refractivity contribution in [1.29, 1.82) is 0 Å². The maximum Gasteiger partial charge on any atom is 0.205 e. The minimum Gasteiger partial charge on any atom is -0.494 e. The summed E-state index contributed by atoms with van der Waals surface area (Å²) in [7, 11) is 0. The number of aromatic hydroxyl groups is 2. The van der Waals surface area contributed by atoms with E-state index in [2.05, 4.69) is 10.9 Å². The molecule has 39 heavy (non-hydrogen) atoms. The Hall–Kier alpha value is -3.99. The third-order valence-electron chi connectivity index (χ3n) is 8.99. The van der Waals surface area contributed by atoms with Crippen molar-refractivity contribution < 1.29 is 24.8 Å². The normalized spacial score (nSPS) is 24.9. The van der Waals surface area contributed by atoms with Crippen LogP contribution in [0.1, 0.15) is 54.9 Å². The van der Waals surface area contributed by atoms with E-state index in [1.54, 1.807) is 19.1 Å². The van der Waals surface area contributed by atoms with Gasteiger partial charge in [0.05, 0.1) is 36.1 Å². The monoisotopic (exact) mass is 522 g/mol.